The van der Waals surface area contributed by atoms with Gasteiger partial charge in [0, 0.05) is 0 Å². The number of rotatable bonds is 10. The summed E-state index contributed by atoms with van der Waals surface area (Å²) in [5.74, 6) is 0.871. The Labute approximate surface area is 157 Å². The van der Waals surface area contributed by atoms with Gasteiger partial charge in [-0.2, -0.15) is 5.10 Å². The molecule has 0 aromatic heterocycles. The number of benzene rings is 2. The van der Waals surface area contributed by atoms with Gasteiger partial charge in [-0.05, 0) is 54.4 Å². The standard InChI is InChI=1S/C20H23FN2O4/c1-3-4-11-26-18-10-5-15(12-19(18)25-2)13-22-23-20(24)14-27-17-8-6-16(21)7-9-17/h5-10,12-13H,3-4,11,14H2,1-2H3,(H,23,24)/b22-13-. The van der Waals surface area contributed by atoms with Crippen molar-refractivity contribution in [1.82, 2.24) is 5.43 Å². The van der Waals surface area contributed by atoms with Crippen LogP contribution >= 0.6 is 0 Å². The number of nitrogens with zero attached hydrogens (tertiary/aromatic N) is 1. The van der Waals surface area contributed by atoms with Crippen LogP contribution in [0.4, 0.5) is 4.39 Å². The van der Waals surface area contributed by atoms with Gasteiger partial charge in [-0.25, -0.2) is 9.82 Å². The summed E-state index contributed by atoms with van der Waals surface area (Å²) in [7, 11) is 1.57. The maximum absolute atomic E-state index is 12.8. The fourth-order valence-electron chi connectivity index (χ4n) is 2.10. The normalized spacial score (nSPS) is 10.6. The average molecular weight is 374 g/mol. The number of amides is 1. The molecule has 0 aliphatic rings. The van der Waals surface area contributed by atoms with Crippen molar-refractivity contribution in [2.45, 2.75) is 19.8 Å². The van der Waals surface area contributed by atoms with Gasteiger partial charge < -0.3 is 14.2 Å². The molecule has 6 nitrogen and oxygen atoms in total. The second-order valence-corrected chi connectivity index (χ2v) is 5.65. The third kappa shape index (κ3) is 6.97. The minimum absolute atomic E-state index is 0.226. The van der Waals surface area contributed by atoms with E-state index in [4.69, 9.17) is 14.2 Å². The molecule has 0 fully saturated rings. The lowest BCUT2D eigenvalue weighted by atomic mass is 10.2. The molecular weight excluding hydrogens is 351 g/mol. The number of hydrogen-bond acceptors (Lipinski definition) is 5. The molecule has 1 N–H and O–H groups in total. The first-order chi connectivity index (χ1) is 13.1. The lowest BCUT2D eigenvalue weighted by Crippen LogP contribution is -2.24. The molecule has 1 amide bonds. The maximum Gasteiger partial charge on any atom is 0.277 e. The molecule has 0 unspecified atom stereocenters. The molecule has 0 saturated carbocycles. The van der Waals surface area contributed by atoms with E-state index >= 15 is 0 Å². The van der Waals surface area contributed by atoms with Gasteiger partial charge in [-0.3, -0.25) is 4.79 Å². The molecule has 7 heteroatoms. The van der Waals surface area contributed by atoms with Gasteiger partial charge >= 0.3 is 0 Å². The van der Waals surface area contributed by atoms with Crippen molar-refractivity contribution in [3.63, 3.8) is 0 Å². The van der Waals surface area contributed by atoms with E-state index in [2.05, 4.69) is 17.5 Å². The Hall–Kier alpha value is -3.09. The van der Waals surface area contributed by atoms with Gasteiger partial charge in [0.05, 0.1) is 19.9 Å². The summed E-state index contributed by atoms with van der Waals surface area (Å²) in [6, 6.07) is 10.8. The molecule has 0 atom stereocenters. The molecule has 2 rings (SSSR count). The molecule has 0 saturated heterocycles. The first kappa shape index (κ1) is 20.2. The number of nitrogens with one attached hydrogen (secondary N) is 1. The van der Waals surface area contributed by atoms with Crippen LogP contribution in [0.3, 0.4) is 0 Å². The Morgan fingerprint density at radius 2 is 1.93 bits per heavy atom. The summed E-state index contributed by atoms with van der Waals surface area (Å²) in [5.41, 5.74) is 3.11. The minimum Gasteiger partial charge on any atom is -0.493 e. The van der Waals surface area contributed by atoms with E-state index in [1.54, 1.807) is 19.2 Å². The van der Waals surface area contributed by atoms with Crippen LogP contribution in [0, 0.1) is 5.82 Å². The van der Waals surface area contributed by atoms with E-state index < -0.39 is 5.91 Å². The first-order valence-corrected chi connectivity index (χ1v) is 8.63. The molecular formula is C20H23FN2O4. The number of carbonyl (C=O) groups excluding carboxylic acids is 1. The van der Waals surface area contributed by atoms with Crippen LogP contribution in [-0.2, 0) is 4.79 Å². The molecule has 2 aromatic rings. The molecule has 144 valence electrons. The predicted molar refractivity (Wildman–Crippen MR) is 101 cm³/mol. The molecule has 0 aliphatic carbocycles. The quantitative estimate of drug-likeness (QED) is 0.392. The van der Waals surface area contributed by atoms with Gasteiger partial charge in [0.1, 0.15) is 11.6 Å². The number of carbonyl (C=O) groups is 1. The van der Waals surface area contributed by atoms with E-state index in [0.29, 0.717) is 23.9 Å². The van der Waals surface area contributed by atoms with Crippen LogP contribution < -0.4 is 19.6 Å². The largest absolute Gasteiger partial charge is 0.493 e. The van der Waals surface area contributed by atoms with Crippen molar-refractivity contribution in [3.05, 3.63) is 53.8 Å². The monoisotopic (exact) mass is 374 g/mol. The highest BCUT2D eigenvalue weighted by Gasteiger charge is 2.05. The summed E-state index contributed by atoms with van der Waals surface area (Å²) in [6.07, 6.45) is 3.52. The third-order valence-corrected chi connectivity index (χ3v) is 3.53. The highest BCUT2D eigenvalue weighted by Crippen LogP contribution is 2.27. The fraction of sp³-hybridized carbons (Fsp3) is 0.300. The summed E-state index contributed by atoms with van der Waals surface area (Å²) in [4.78, 5) is 11.7. The van der Waals surface area contributed by atoms with Gasteiger partial charge in [0.25, 0.3) is 5.91 Å². The van der Waals surface area contributed by atoms with Crippen molar-refractivity contribution in [3.8, 4) is 17.2 Å². The smallest absolute Gasteiger partial charge is 0.277 e. The number of halogens is 1. The van der Waals surface area contributed by atoms with Crippen LogP contribution in [-0.4, -0.2) is 32.4 Å². The van der Waals surface area contributed by atoms with E-state index in [0.717, 1.165) is 18.4 Å². The second kappa shape index (κ2) is 10.8. The number of unbranched alkanes of at least 4 members (excludes halogenated alkanes) is 1. The fourth-order valence-corrected chi connectivity index (χ4v) is 2.10. The van der Waals surface area contributed by atoms with Crippen molar-refractivity contribution >= 4 is 12.1 Å². The number of hydrogen-bond donors (Lipinski definition) is 1. The summed E-state index contributed by atoms with van der Waals surface area (Å²) in [5, 5.41) is 3.89. The van der Waals surface area contributed by atoms with Crippen molar-refractivity contribution in [2.24, 2.45) is 5.10 Å². The maximum atomic E-state index is 12.8. The van der Waals surface area contributed by atoms with Crippen LogP contribution in [0.25, 0.3) is 0 Å². The first-order valence-electron chi connectivity index (χ1n) is 8.63. The molecule has 0 spiro atoms. The Morgan fingerprint density at radius 3 is 2.63 bits per heavy atom. The summed E-state index contributed by atoms with van der Waals surface area (Å²) in [6.45, 7) is 2.50. The molecule has 0 aliphatic heterocycles. The third-order valence-electron chi connectivity index (χ3n) is 3.53. The second-order valence-electron chi connectivity index (χ2n) is 5.65. The molecule has 0 bridgehead atoms. The van der Waals surface area contributed by atoms with Crippen molar-refractivity contribution in [2.75, 3.05) is 20.3 Å². The number of hydrazone groups is 1. The minimum atomic E-state index is -0.429. The van der Waals surface area contributed by atoms with Crippen LogP contribution in [0.5, 0.6) is 17.2 Å². The zero-order valence-corrected chi connectivity index (χ0v) is 15.4. The van der Waals surface area contributed by atoms with Gasteiger partial charge in [-0.1, -0.05) is 13.3 Å². The zero-order chi connectivity index (χ0) is 19.5. The average Bonchev–Trinajstić information content (AvgIpc) is 2.68. The molecule has 0 radical (unpaired) electrons. The van der Waals surface area contributed by atoms with E-state index in [1.165, 1.54) is 30.5 Å². The zero-order valence-electron chi connectivity index (χ0n) is 15.4. The van der Waals surface area contributed by atoms with Crippen LogP contribution in [0.1, 0.15) is 25.3 Å². The Balaban J connectivity index is 1.83. The van der Waals surface area contributed by atoms with E-state index in [1.807, 2.05) is 6.07 Å². The van der Waals surface area contributed by atoms with Gasteiger partial charge in [0.15, 0.2) is 18.1 Å². The van der Waals surface area contributed by atoms with Crippen molar-refractivity contribution in [1.29, 1.82) is 0 Å². The summed E-state index contributed by atoms with van der Waals surface area (Å²) < 4.78 is 29.0. The number of ether oxygens (including phenoxy) is 3. The Bertz CT molecular complexity index is 763. The topological polar surface area (TPSA) is 69.2 Å². The van der Waals surface area contributed by atoms with Crippen LogP contribution in [0.2, 0.25) is 0 Å². The van der Waals surface area contributed by atoms with E-state index in [9.17, 15) is 9.18 Å². The lowest BCUT2D eigenvalue weighted by molar-refractivity contribution is -0.123. The number of methoxy groups -OCH3 is 1. The summed E-state index contributed by atoms with van der Waals surface area (Å²) >= 11 is 0. The van der Waals surface area contributed by atoms with Gasteiger partial charge in [-0.15, -0.1) is 0 Å². The highest BCUT2D eigenvalue weighted by atomic mass is 19.1. The predicted octanol–water partition coefficient (Wildman–Crippen LogP) is 3.54. The Morgan fingerprint density at radius 1 is 1.15 bits per heavy atom. The Kier molecular flexibility index (Phi) is 8.09. The lowest BCUT2D eigenvalue weighted by Gasteiger charge is -2.10. The van der Waals surface area contributed by atoms with Crippen molar-refractivity contribution < 1.29 is 23.4 Å². The van der Waals surface area contributed by atoms with Gasteiger partial charge in [0.2, 0.25) is 0 Å². The molecule has 27 heavy (non-hydrogen) atoms. The SMILES string of the molecule is CCCCOc1ccc(/C=N\NC(=O)COc2ccc(F)cc2)cc1OC. The highest BCUT2D eigenvalue weighted by molar-refractivity contribution is 5.83. The molecule has 0 heterocycles. The van der Waals surface area contributed by atoms with E-state index in [-0.39, 0.29) is 12.4 Å². The van der Waals surface area contributed by atoms with Crippen LogP contribution in [0.15, 0.2) is 47.6 Å². The molecule has 2 aromatic carbocycles.